The van der Waals surface area contributed by atoms with Crippen LogP contribution < -0.4 is 10.1 Å². The molecule has 0 radical (unpaired) electrons. The normalized spacial score (nSPS) is 10.0. The zero-order valence-corrected chi connectivity index (χ0v) is 11.7. The number of nitrogens with zero attached hydrogens (tertiary/aromatic N) is 1. The van der Waals surface area contributed by atoms with Gasteiger partial charge in [-0.25, -0.2) is 4.79 Å². The fraction of sp³-hybridized carbons (Fsp3) is 0.0714. The molecule has 1 amide bonds. The van der Waals surface area contributed by atoms with Crippen molar-refractivity contribution >= 4 is 29.2 Å². The number of ether oxygens (including phenoxy) is 1. The van der Waals surface area contributed by atoms with Crippen molar-refractivity contribution in [2.75, 3.05) is 12.4 Å². The molecule has 7 heteroatoms. The number of carboxylic acid groups (broad SMARTS) is 1. The van der Waals surface area contributed by atoms with Crippen molar-refractivity contribution in [3.63, 3.8) is 0 Å². The lowest BCUT2D eigenvalue weighted by atomic mass is 10.2. The fourth-order valence-electron chi connectivity index (χ4n) is 1.65. The third-order valence-corrected chi connectivity index (χ3v) is 2.88. The number of aromatic nitrogens is 1. The first-order valence-corrected chi connectivity index (χ1v) is 6.23. The van der Waals surface area contributed by atoms with Crippen LogP contribution in [0, 0.1) is 0 Å². The number of carbonyl (C=O) groups excluding carboxylic acids is 1. The number of nitrogens with one attached hydrogen (secondary N) is 1. The second-order valence-corrected chi connectivity index (χ2v) is 4.47. The Hall–Kier alpha value is -2.60. The van der Waals surface area contributed by atoms with E-state index in [2.05, 4.69) is 10.3 Å². The first-order chi connectivity index (χ1) is 10.0. The average Bonchev–Trinajstić information content (AvgIpc) is 2.47. The van der Waals surface area contributed by atoms with Crippen LogP contribution in [0.5, 0.6) is 5.75 Å². The molecule has 0 spiro atoms. The summed E-state index contributed by atoms with van der Waals surface area (Å²) in [6.45, 7) is 0. The maximum absolute atomic E-state index is 12.1. The summed E-state index contributed by atoms with van der Waals surface area (Å²) in [5, 5.41) is 11.9. The molecule has 0 bridgehead atoms. The maximum atomic E-state index is 12.1. The lowest BCUT2D eigenvalue weighted by Gasteiger charge is -2.10. The van der Waals surface area contributed by atoms with Gasteiger partial charge in [0.15, 0.2) is 0 Å². The van der Waals surface area contributed by atoms with Gasteiger partial charge in [-0.2, -0.15) is 0 Å². The van der Waals surface area contributed by atoms with Crippen LogP contribution in [0.1, 0.15) is 20.8 Å². The van der Waals surface area contributed by atoms with Gasteiger partial charge in [-0.1, -0.05) is 11.6 Å². The molecule has 0 saturated carbocycles. The molecule has 21 heavy (non-hydrogen) atoms. The highest BCUT2D eigenvalue weighted by Crippen LogP contribution is 2.26. The van der Waals surface area contributed by atoms with Gasteiger partial charge in [0.2, 0.25) is 0 Å². The molecule has 1 aromatic carbocycles. The van der Waals surface area contributed by atoms with Gasteiger partial charge in [-0.3, -0.25) is 9.78 Å². The van der Waals surface area contributed by atoms with Gasteiger partial charge >= 0.3 is 5.97 Å². The van der Waals surface area contributed by atoms with Gasteiger partial charge in [0.1, 0.15) is 11.4 Å². The van der Waals surface area contributed by atoms with E-state index in [0.29, 0.717) is 10.8 Å². The Bertz CT molecular complexity index is 703. The number of carbonyl (C=O) groups is 2. The highest BCUT2D eigenvalue weighted by molar-refractivity contribution is 6.31. The number of benzene rings is 1. The molecule has 0 unspecified atom stereocenters. The summed E-state index contributed by atoms with van der Waals surface area (Å²) in [6, 6.07) is 7.11. The molecule has 108 valence electrons. The van der Waals surface area contributed by atoms with Crippen LogP contribution in [-0.2, 0) is 0 Å². The summed E-state index contributed by atoms with van der Waals surface area (Å²) in [7, 11) is 1.42. The van der Waals surface area contributed by atoms with Crippen molar-refractivity contribution in [3.8, 4) is 5.75 Å². The van der Waals surface area contributed by atoms with Crippen LogP contribution in [-0.4, -0.2) is 29.1 Å². The quantitative estimate of drug-likeness (QED) is 0.906. The van der Waals surface area contributed by atoms with Crippen molar-refractivity contribution in [1.82, 2.24) is 4.98 Å². The van der Waals surface area contributed by atoms with E-state index in [1.807, 2.05) is 0 Å². The number of hydrogen-bond donors (Lipinski definition) is 2. The van der Waals surface area contributed by atoms with Crippen molar-refractivity contribution in [2.24, 2.45) is 0 Å². The van der Waals surface area contributed by atoms with E-state index in [4.69, 9.17) is 21.4 Å². The first-order valence-electron chi connectivity index (χ1n) is 5.85. The molecule has 1 heterocycles. The topological polar surface area (TPSA) is 88.5 Å². The zero-order valence-electron chi connectivity index (χ0n) is 11.0. The molecular formula is C14H11ClN2O4. The Morgan fingerprint density at radius 1 is 1.29 bits per heavy atom. The van der Waals surface area contributed by atoms with Crippen LogP contribution >= 0.6 is 11.6 Å². The van der Waals surface area contributed by atoms with E-state index < -0.39 is 11.9 Å². The number of pyridine rings is 1. The first kappa shape index (κ1) is 14.8. The van der Waals surface area contributed by atoms with Gasteiger partial charge < -0.3 is 15.2 Å². The van der Waals surface area contributed by atoms with Crippen LogP contribution in [0.15, 0.2) is 36.5 Å². The largest absolute Gasteiger partial charge is 0.495 e. The third kappa shape index (κ3) is 3.49. The predicted molar refractivity (Wildman–Crippen MR) is 77.2 cm³/mol. The number of amides is 1. The molecule has 0 fully saturated rings. The predicted octanol–water partition coefficient (Wildman–Crippen LogP) is 2.69. The Morgan fingerprint density at radius 2 is 2.05 bits per heavy atom. The van der Waals surface area contributed by atoms with Crippen molar-refractivity contribution in [3.05, 3.63) is 52.8 Å². The molecule has 0 aliphatic heterocycles. The number of halogens is 1. The van der Waals surface area contributed by atoms with Crippen molar-refractivity contribution < 1.29 is 19.4 Å². The van der Waals surface area contributed by atoms with Crippen molar-refractivity contribution in [1.29, 1.82) is 0 Å². The van der Waals surface area contributed by atoms with Crippen LogP contribution in [0.4, 0.5) is 5.69 Å². The van der Waals surface area contributed by atoms with E-state index in [0.717, 1.165) is 0 Å². The summed E-state index contributed by atoms with van der Waals surface area (Å²) < 4.78 is 5.09. The van der Waals surface area contributed by atoms with Crippen LogP contribution in [0.2, 0.25) is 5.02 Å². The maximum Gasteiger partial charge on any atom is 0.335 e. The van der Waals surface area contributed by atoms with E-state index in [9.17, 15) is 9.59 Å². The number of anilines is 1. The number of methoxy groups -OCH3 is 1. The van der Waals surface area contributed by atoms with Crippen molar-refractivity contribution in [2.45, 2.75) is 0 Å². The second-order valence-electron chi connectivity index (χ2n) is 4.03. The summed E-state index contributed by atoms with van der Waals surface area (Å²) >= 11 is 5.79. The SMILES string of the molecule is COc1ccc(C(=O)O)cc1NC(=O)c1cc(Cl)ccn1. The number of carboxylic acids is 1. The standard InChI is InChI=1S/C14H11ClN2O4/c1-21-12-3-2-8(14(19)20)6-10(12)17-13(18)11-7-9(15)4-5-16-11/h2-7H,1H3,(H,17,18)(H,19,20). The molecular weight excluding hydrogens is 296 g/mol. The number of hydrogen-bond acceptors (Lipinski definition) is 4. The molecule has 0 aliphatic carbocycles. The van der Waals surface area contributed by atoms with Crippen LogP contribution in [0.25, 0.3) is 0 Å². The Balaban J connectivity index is 2.31. The van der Waals surface area contributed by atoms with E-state index in [1.165, 1.54) is 37.6 Å². The number of aromatic carboxylic acids is 1. The zero-order chi connectivity index (χ0) is 15.4. The smallest absolute Gasteiger partial charge is 0.335 e. The minimum absolute atomic E-state index is 0.0325. The molecule has 2 aromatic rings. The van der Waals surface area contributed by atoms with Gasteiger partial charge in [0, 0.05) is 11.2 Å². The van der Waals surface area contributed by atoms with Gasteiger partial charge in [-0.05, 0) is 30.3 Å². The Labute approximate surface area is 125 Å². The van der Waals surface area contributed by atoms with E-state index in [-0.39, 0.29) is 16.9 Å². The molecule has 0 saturated heterocycles. The Morgan fingerprint density at radius 3 is 2.67 bits per heavy atom. The molecule has 6 nitrogen and oxygen atoms in total. The summed E-state index contributed by atoms with van der Waals surface area (Å²) in [5.74, 6) is -1.28. The minimum atomic E-state index is -1.10. The monoisotopic (exact) mass is 306 g/mol. The third-order valence-electron chi connectivity index (χ3n) is 2.65. The molecule has 2 N–H and O–H groups in total. The average molecular weight is 307 g/mol. The second kappa shape index (κ2) is 6.23. The highest BCUT2D eigenvalue weighted by atomic mass is 35.5. The van der Waals surface area contributed by atoms with Gasteiger partial charge in [0.05, 0.1) is 18.4 Å². The minimum Gasteiger partial charge on any atom is -0.495 e. The van der Waals surface area contributed by atoms with E-state index in [1.54, 1.807) is 6.07 Å². The van der Waals surface area contributed by atoms with Gasteiger partial charge in [-0.15, -0.1) is 0 Å². The summed E-state index contributed by atoms with van der Waals surface area (Å²) in [6.07, 6.45) is 1.40. The van der Waals surface area contributed by atoms with E-state index >= 15 is 0 Å². The molecule has 0 atom stereocenters. The highest BCUT2D eigenvalue weighted by Gasteiger charge is 2.14. The summed E-state index contributed by atoms with van der Waals surface area (Å²) in [4.78, 5) is 26.9. The lowest BCUT2D eigenvalue weighted by molar-refractivity contribution is 0.0696. The lowest BCUT2D eigenvalue weighted by Crippen LogP contribution is -2.14. The number of rotatable bonds is 4. The molecule has 0 aliphatic rings. The molecule has 2 rings (SSSR count). The fourth-order valence-corrected chi connectivity index (χ4v) is 1.81. The Kier molecular flexibility index (Phi) is 4.39. The van der Waals surface area contributed by atoms with Crippen LogP contribution in [0.3, 0.4) is 0 Å². The van der Waals surface area contributed by atoms with Gasteiger partial charge in [0.25, 0.3) is 5.91 Å². The molecule has 1 aromatic heterocycles. The summed E-state index contributed by atoms with van der Waals surface area (Å²) in [5.41, 5.74) is 0.389.